The topological polar surface area (TPSA) is 83.8 Å². The zero-order valence-electron chi connectivity index (χ0n) is 17.6. The number of benzene rings is 1. The number of nitrogens with one attached hydrogen (secondary N) is 2. The molecule has 0 spiro atoms. The predicted octanol–water partition coefficient (Wildman–Crippen LogP) is 2.22. The van der Waals surface area contributed by atoms with Crippen molar-refractivity contribution in [3.63, 3.8) is 0 Å². The Morgan fingerprint density at radius 2 is 2.03 bits per heavy atom. The van der Waals surface area contributed by atoms with E-state index in [1.807, 2.05) is 37.7 Å². The number of rotatable bonds is 5. The lowest BCUT2D eigenvalue weighted by molar-refractivity contribution is 0.00701. The third-order valence-corrected chi connectivity index (χ3v) is 4.45. The van der Waals surface area contributed by atoms with Crippen LogP contribution in [0.4, 0.5) is 4.79 Å². The number of carbonyl (C=O) groups is 1. The molecule has 0 bridgehead atoms. The molecule has 8 heteroatoms. The molecule has 29 heavy (non-hydrogen) atoms. The van der Waals surface area contributed by atoms with Crippen LogP contribution in [0.25, 0.3) is 0 Å². The molecule has 0 saturated carbocycles. The first-order chi connectivity index (χ1) is 13.8. The van der Waals surface area contributed by atoms with E-state index < -0.39 is 5.60 Å². The van der Waals surface area contributed by atoms with Crippen LogP contribution in [0.5, 0.6) is 0 Å². The summed E-state index contributed by atoms with van der Waals surface area (Å²) in [4.78, 5) is 18.0. The Bertz CT molecular complexity index is 835. The minimum atomic E-state index is -0.473. The monoisotopic (exact) mass is 398 g/mol. The number of aliphatic imine (C=N–C) groups is 1. The van der Waals surface area contributed by atoms with Crippen LogP contribution >= 0.6 is 0 Å². The van der Waals surface area contributed by atoms with E-state index in [4.69, 9.17) is 4.74 Å². The van der Waals surface area contributed by atoms with Crippen molar-refractivity contribution in [2.75, 3.05) is 20.1 Å². The van der Waals surface area contributed by atoms with E-state index >= 15 is 0 Å². The molecular weight excluding hydrogens is 368 g/mol. The van der Waals surface area contributed by atoms with Crippen LogP contribution in [0.1, 0.15) is 31.9 Å². The fourth-order valence-electron chi connectivity index (χ4n) is 3.04. The number of carbonyl (C=O) groups excluding carboxylic acids is 1. The molecule has 0 atom stereocenters. The lowest BCUT2D eigenvalue weighted by Crippen LogP contribution is -2.63. The molecule has 2 aromatic rings. The normalized spacial score (nSPS) is 15.0. The summed E-state index contributed by atoms with van der Waals surface area (Å²) in [7, 11) is 1.74. The Morgan fingerprint density at radius 3 is 2.69 bits per heavy atom. The average Bonchev–Trinajstić information content (AvgIpc) is 3.12. The number of guanidine groups is 1. The number of ether oxygens (including phenoxy) is 1. The molecule has 0 aliphatic carbocycles. The summed E-state index contributed by atoms with van der Waals surface area (Å²) in [6, 6.07) is 10.5. The fraction of sp³-hybridized carbons (Fsp3) is 0.476. The molecule has 1 aliphatic rings. The van der Waals surface area contributed by atoms with Gasteiger partial charge in [-0.15, -0.1) is 0 Å². The van der Waals surface area contributed by atoms with Crippen LogP contribution in [-0.2, 0) is 17.8 Å². The van der Waals surface area contributed by atoms with Crippen LogP contribution in [0.3, 0.4) is 0 Å². The standard InChI is InChI=1S/C21H30N6O2/c1-21(2,3)29-20(28)26-14-18(15-26)25-19(22-4)23-12-16-7-5-8-17(11-16)13-27-10-6-9-24-27/h5-11,18H,12-15H2,1-4H3,(H2,22,23,25). The molecule has 1 fully saturated rings. The first-order valence-corrected chi connectivity index (χ1v) is 9.83. The fourth-order valence-corrected chi connectivity index (χ4v) is 3.04. The SMILES string of the molecule is CN=C(NCc1cccc(Cn2cccn2)c1)NC1CN(C(=O)OC(C)(C)C)C1. The Labute approximate surface area is 171 Å². The number of likely N-dealkylation sites (tertiary alicyclic amines) is 1. The zero-order chi connectivity index (χ0) is 20.9. The van der Waals surface area contributed by atoms with E-state index in [1.165, 1.54) is 11.1 Å². The molecule has 1 aromatic carbocycles. The lowest BCUT2D eigenvalue weighted by atomic mass is 10.1. The molecular formula is C21H30N6O2. The van der Waals surface area contributed by atoms with E-state index in [9.17, 15) is 4.79 Å². The molecule has 1 saturated heterocycles. The van der Waals surface area contributed by atoms with Crippen LogP contribution in [0, 0.1) is 0 Å². The van der Waals surface area contributed by atoms with Crippen LogP contribution in [0.15, 0.2) is 47.7 Å². The maximum atomic E-state index is 12.0. The summed E-state index contributed by atoms with van der Waals surface area (Å²) in [6.07, 6.45) is 3.47. The molecule has 156 valence electrons. The molecule has 0 unspecified atom stereocenters. The quantitative estimate of drug-likeness (QED) is 0.596. The number of amides is 1. The first-order valence-electron chi connectivity index (χ1n) is 9.83. The highest BCUT2D eigenvalue weighted by molar-refractivity contribution is 5.80. The van der Waals surface area contributed by atoms with E-state index in [-0.39, 0.29) is 12.1 Å². The van der Waals surface area contributed by atoms with Crippen LogP contribution in [0.2, 0.25) is 0 Å². The summed E-state index contributed by atoms with van der Waals surface area (Å²) in [5.41, 5.74) is 1.89. The van der Waals surface area contributed by atoms with Gasteiger partial charge in [0.1, 0.15) is 5.60 Å². The summed E-state index contributed by atoms with van der Waals surface area (Å²) in [5, 5.41) is 10.9. The van der Waals surface area contributed by atoms with Crippen molar-refractivity contribution in [1.82, 2.24) is 25.3 Å². The summed E-state index contributed by atoms with van der Waals surface area (Å²) >= 11 is 0. The zero-order valence-corrected chi connectivity index (χ0v) is 17.6. The van der Waals surface area contributed by atoms with E-state index in [1.54, 1.807) is 18.1 Å². The minimum absolute atomic E-state index is 0.167. The van der Waals surface area contributed by atoms with Crippen molar-refractivity contribution in [2.24, 2.45) is 4.99 Å². The number of nitrogens with zero attached hydrogens (tertiary/aromatic N) is 4. The number of aromatic nitrogens is 2. The van der Waals surface area contributed by atoms with Gasteiger partial charge in [0.05, 0.1) is 12.6 Å². The molecule has 1 aromatic heterocycles. The second-order valence-electron chi connectivity index (χ2n) is 8.18. The third kappa shape index (κ3) is 6.23. The molecule has 1 amide bonds. The van der Waals surface area contributed by atoms with Gasteiger partial charge in [0.15, 0.2) is 5.96 Å². The summed E-state index contributed by atoms with van der Waals surface area (Å²) in [5.74, 6) is 0.719. The van der Waals surface area contributed by atoms with Gasteiger partial charge in [0.2, 0.25) is 0 Å². The predicted molar refractivity (Wildman–Crippen MR) is 113 cm³/mol. The van der Waals surface area contributed by atoms with E-state index in [0.29, 0.717) is 19.6 Å². The second kappa shape index (κ2) is 8.98. The molecule has 1 aliphatic heterocycles. The highest BCUT2D eigenvalue weighted by Crippen LogP contribution is 2.15. The molecule has 2 heterocycles. The van der Waals surface area contributed by atoms with Gasteiger partial charge in [-0.25, -0.2) is 4.79 Å². The summed E-state index contributed by atoms with van der Waals surface area (Å²) < 4.78 is 7.29. The van der Waals surface area contributed by atoms with Crippen molar-refractivity contribution >= 4 is 12.1 Å². The van der Waals surface area contributed by atoms with Gasteiger partial charge in [-0.3, -0.25) is 9.67 Å². The van der Waals surface area contributed by atoms with Gasteiger partial charge in [-0.1, -0.05) is 24.3 Å². The Balaban J connectivity index is 1.44. The molecule has 8 nitrogen and oxygen atoms in total. The Hall–Kier alpha value is -3.03. The van der Waals surface area contributed by atoms with Gasteiger partial charge in [-0.05, 0) is 38.0 Å². The smallest absolute Gasteiger partial charge is 0.410 e. The van der Waals surface area contributed by atoms with Gasteiger partial charge < -0.3 is 20.3 Å². The highest BCUT2D eigenvalue weighted by Gasteiger charge is 2.34. The van der Waals surface area contributed by atoms with E-state index in [2.05, 4.69) is 45.0 Å². The van der Waals surface area contributed by atoms with Gasteiger partial charge in [-0.2, -0.15) is 5.10 Å². The van der Waals surface area contributed by atoms with Crippen molar-refractivity contribution in [1.29, 1.82) is 0 Å². The number of hydrogen-bond donors (Lipinski definition) is 2. The molecule has 3 rings (SSSR count). The van der Waals surface area contributed by atoms with Gasteiger partial charge in [0, 0.05) is 39.1 Å². The Kier molecular flexibility index (Phi) is 6.41. The molecule has 2 N–H and O–H groups in total. The largest absolute Gasteiger partial charge is 0.444 e. The van der Waals surface area contributed by atoms with Crippen molar-refractivity contribution in [3.8, 4) is 0 Å². The van der Waals surface area contributed by atoms with Crippen molar-refractivity contribution in [2.45, 2.75) is 45.5 Å². The maximum absolute atomic E-state index is 12.0. The summed E-state index contributed by atoms with van der Waals surface area (Å²) in [6.45, 7) is 8.23. The second-order valence-corrected chi connectivity index (χ2v) is 8.18. The third-order valence-electron chi connectivity index (χ3n) is 4.45. The van der Waals surface area contributed by atoms with Crippen molar-refractivity contribution in [3.05, 3.63) is 53.9 Å². The maximum Gasteiger partial charge on any atom is 0.410 e. The Morgan fingerprint density at radius 1 is 1.28 bits per heavy atom. The average molecular weight is 399 g/mol. The minimum Gasteiger partial charge on any atom is -0.444 e. The lowest BCUT2D eigenvalue weighted by Gasteiger charge is -2.40. The van der Waals surface area contributed by atoms with E-state index in [0.717, 1.165) is 12.5 Å². The van der Waals surface area contributed by atoms with Crippen LogP contribution in [-0.4, -0.2) is 58.5 Å². The number of hydrogen-bond acceptors (Lipinski definition) is 4. The van der Waals surface area contributed by atoms with Crippen molar-refractivity contribution < 1.29 is 9.53 Å². The van der Waals surface area contributed by atoms with Gasteiger partial charge in [0.25, 0.3) is 0 Å². The van der Waals surface area contributed by atoms with Crippen LogP contribution < -0.4 is 10.6 Å². The van der Waals surface area contributed by atoms with Gasteiger partial charge >= 0.3 is 6.09 Å². The first kappa shape index (κ1) is 20.7. The molecule has 0 radical (unpaired) electrons. The highest BCUT2D eigenvalue weighted by atomic mass is 16.6.